The van der Waals surface area contributed by atoms with E-state index in [1.807, 2.05) is 72.8 Å². The minimum absolute atomic E-state index is 0.105. The Morgan fingerprint density at radius 1 is 0.724 bits per heavy atom. The number of rotatable bonds is 17. The van der Waals surface area contributed by atoms with Crippen molar-refractivity contribution < 1.29 is 38.2 Å². The number of carbonyl (C=O) groups excluding carboxylic acids is 5. The fraction of sp³-hybridized carbons (Fsp3) is 0.488. The highest BCUT2D eigenvalue weighted by atomic mass is 16.6. The van der Waals surface area contributed by atoms with Crippen LogP contribution in [0.25, 0.3) is 11.3 Å². The van der Waals surface area contributed by atoms with Gasteiger partial charge in [0.05, 0.1) is 32.5 Å². The Kier molecular flexibility index (Phi) is 17.2. The van der Waals surface area contributed by atoms with Crippen LogP contribution in [-0.4, -0.2) is 91.0 Å². The first kappa shape index (κ1) is 46.8. The van der Waals surface area contributed by atoms with E-state index in [0.717, 1.165) is 22.4 Å². The second-order valence-electron chi connectivity index (χ2n) is 16.7. The number of methoxy groups -OCH3 is 2. The molecule has 0 spiro atoms. The summed E-state index contributed by atoms with van der Waals surface area (Å²) in [5, 5.41) is 9.90. The molecule has 0 bridgehead atoms. The van der Waals surface area contributed by atoms with Crippen LogP contribution in [0.1, 0.15) is 66.5 Å². The molecule has 0 saturated carbocycles. The Bertz CT molecular complexity index is 1800. The van der Waals surface area contributed by atoms with Crippen molar-refractivity contribution in [2.75, 3.05) is 20.8 Å². The van der Waals surface area contributed by atoms with Crippen LogP contribution in [0, 0.1) is 16.7 Å². The molecule has 0 aliphatic heterocycles. The molecule has 1 aromatic heterocycles. The highest BCUT2D eigenvalue weighted by Crippen LogP contribution is 2.23. The summed E-state index contributed by atoms with van der Waals surface area (Å²) >= 11 is 0. The number of pyridine rings is 1. The summed E-state index contributed by atoms with van der Waals surface area (Å²) < 4.78 is 15.9. The second kappa shape index (κ2) is 21.3. The Balaban J connectivity index is 2.16. The zero-order valence-corrected chi connectivity index (χ0v) is 35.3. The fourth-order valence-corrected chi connectivity index (χ4v) is 5.98. The molecule has 2 aromatic carbocycles. The van der Waals surface area contributed by atoms with Crippen LogP contribution in [0.4, 0.5) is 9.59 Å². The lowest BCUT2D eigenvalue weighted by molar-refractivity contribution is -0.156. The molecule has 0 aliphatic carbocycles. The van der Waals surface area contributed by atoms with Gasteiger partial charge < -0.3 is 35.9 Å². The fourth-order valence-electron chi connectivity index (χ4n) is 5.98. The lowest BCUT2D eigenvalue weighted by Crippen LogP contribution is -2.61. The van der Waals surface area contributed by atoms with Crippen molar-refractivity contribution in [1.82, 2.24) is 31.4 Å². The van der Waals surface area contributed by atoms with Crippen molar-refractivity contribution in [3.8, 4) is 11.3 Å². The number of esters is 1. The summed E-state index contributed by atoms with van der Waals surface area (Å²) in [7, 11) is 2.42. The number of carbonyl (C=O) groups is 5. The Hall–Kier alpha value is -5.54. The number of hydrogen-bond acceptors (Lipinski definition) is 11. The maximum absolute atomic E-state index is 14.2. The monoisotopic (exact) mass is 803 g/mol. The van der Waals surface area contributed by atoms with Gasteiger partial charge in [0, 0.05) is 18.3 Å². The average molecular weight is 804 g/mol. The first-order chi connectivity index (χ1) is 27.2. The number of alkyl carbamates (subject to hydrolysis) is 2. The number of hydrazine groups is 1. The summed E-state index contributed by atoms with van der Waals surface area (Å²) in [4.78, 5) is 71.4. The largest absolute Gasteiger partial charge is 0.458 e. The van der Waals surface area contributed by atoms with Crippen LogP contribution in [-0.2, 0) is 41.6 Å². The molecule has 15 heteroatoms. The smallest absolute Gasteiger partial charge is 0.407 e. The topological polar surface area (TPSA) is 203 Å². The van der Waals surface area contributed by atoms with E-state index in [1.165, 1.54) is 14.2 Å². The van der Waals surface area contributed by atoms with E-state index < -0.39 is 71.1 Å². The van der Waals surface area contributed by atoms with E-state index in [9.17, 15) is 24.0 Å². The van der Waals surface area contributed by atoms with Crippen molar-refractivity contribution in [3.05, 3.63) is 90.1 Å². The Labute approximate surface area is 342 Å². The zero-order chi connectivity index (χ0) is 43.2. The van der Waals surface area contributed by atoms with E-state index in [0.29, 0.717) is 0 Å². The van der Waals surface area contributed by atoms with Crippen molar-refractivity contribution in [2.24, 2.45) is 22.5 Å². The molecule has 316 valence electrons. The van der Waals surface area contributed by atoms with Gasteiger partial charge in [0.1, 0.15) is 24.2 Å². The quantitative estimate of drug-likeness (QED) is 0.0716. The number of nitrogens with two attached hydrogens (primary N) is 1. The van der Waals surface area contributed by atoms with Crippen LogP contribution < -0.4 is 27.1 Å². The van der Waals surface area contributed by atoms with Crippen LogP contribution >= 0.6 is 0 Å². The van der Waals surface area contributed by atoms with Crippen LogP contribution in [0.15, 0.2) is 79.0 Å². The van der Waals surface area contributed by atoms with Gasteiger partial charge in [-0.05, 0) is 46.4 Å². The minimum Gasteiger partial charge on any atom is -0.458 e. The van der Waals surface area contributed by atoms with E-state index >= 15 is 0 Å². The highest BCUT2D eigenvalue weighted by Gasteiger charge is 2.39. The minimum atomic E-state index is -1.13. The van der Waals surface area contributed by atoms with Crippen molar-refractivity contribution in [1.29, 1.82) is 0 Å². The molecule has 0 fully saturated rings. The molecule has 0 saturated heterocycles. The van der Waals surface area contributed by atoms with Gasteiger partial charge in [0.2, 0.25) is 5.91 Å². The van der Waals surface area contributed by atoms with Gasteiger partial charge >= 0.3 is 18.2 Å². The van der Waals surface area contributed by atoms with Gasteiger partial charge in [-0.1, -0.05) is 116 Å². The molecule has 58 heavy (non-hydrogen) atoms. The van der Waals surface area contributed by atoms with E-state index in [2.05, 4.69) is 26.4 Å². The van der Waals surface area contributed by atoms with Gasteiger partial charge in [-0.15, -0.1) is 0 Å². The number of ether oxygens (including phenoxy) is 3. The predicted molar refractivity (Wildman–Crippen MR) is 221 cm³/mol. The molecule has 15 nitrogen and oxygen atoms in total. The molecule has 6 N–H and O–H groups in total. The molecule has 0 aliphatic rings. The first-order valence-corrected chi connectivity index (χ1v) is 19.3. The third kappa shape index (κ3) is 14.4. The molecule has 5 atom stereocenters. The molecule has 1 heterocycles. The normalized spacial score (nSPS) is 14.3. The van der Waals surface area contributed by atoms with Crippen molar-refractivity contribution >= 4 is 30.0 Å². The first-order valence-electron chi connectivity index (χ1n) is 19.3. The van der Waals surface area contributed by atoms with E-state index in [-0.39, 0.29) is 25.4 Å². The average Bonchev–Trinajstić information content (AvgIpc) is 3.17. The molecule has 4 amide bonds. The predicted octanol–water partition coefficient (Wildman–Crippen LogP) is 4.75. The summed E-state index contributed by atoms with van der Waals surface area (Å²) in [6.07, 6.45) is -0.819. The Morgan fingerprint density at radius 3 is 1.78 bits per heavy atom. The maximum Gasteiger partial charge on any atom is 0.407 e. The number of amides is 4. The van der Waals surface area contributed by atoms with E-state index in [1.54, 1.807) is 66.6 Å². The van der Waals surface area contributed by atoms with Crippen LogP contribution in [0.2, 0.25) is 0 Å². The summed E-state index contributed by atoms with van der Waals surface area (Å²) in [6.45, 7) is 14.3. The van der Waals surface area contributed by atoms with Crippen molar-refractivity contribution in [3.63, 3.8) is 0 Å². The number of nitrogens with one attached hydrogen (secondary N) is 4. The van der Waals surface area contributed by atoms with Gasteiger partial charge in [-0.25, -0.2) is 14.6 Å². The molecular formula is C43H61N7O8. The lowest BCUT2D eigenvalue weighted by atomic mass is 9.85. The second-order valence-corrected chi connectivity index (χ2v) is 16.7. The van der Waals surface area contributed by atoms with Crippen LogP contribution in [0.5, 0.6) is 0 Å². The Morgan fingerprint density at radius 2 is 1.28 bits per heavy atom. The lowest BCUT2D eigenvalue weighted by Gasteiger charge is -2.37. The molecule has 0 unspecified atom stereocenters. The third-order valence-electron chi connectivity index (χ3n) is 9.44. The number of hydrogen-bond donors (Lipinski definition) is 5. The molecule has 3 rings (SSSR count). The highest BCUT2D eigenvalue weighted by molar-refractivity contribution is 5.87. The zero-order valence-electron chi connectivity index (χ0n) is 35.3. The third-order valence-corrected chi connectivity index (χ3v) is 9.44. The standard InChI is InChI=1S/C43H61N7O8/c1-27(2)34(44)39(53)58-33(32(24-28-16-12-11-13-17-28)46-37(51)35(42(3,4)5)47-40(54)56-9)26-50(49-38(52)36(43(6,7)8)48-41(55)57-10)25-29-19-21-30(22-20-29)31-18-14-15-23-45-31/h11-23,27,32-36H,24-26,44H2,1-10H3,(H,46,51)(H,47,54)(H,48,55)(H,49,52)/t32-,33-,34-,35+,36+/m0/s1. The van der Waals surface area contributed by atoms with Gasteiger partial charge in [0.15, 0.2) is 0 Å². The summed E-state index contributed by atoms with van der Waals surface area (Å²) in [6, 6.07) is 18.5. The summed E-state index contributed by atoms with van der Waals surface area (Å²) in [5.74, 6) is -2.11. The maximum atomic E-state index is 14.2. The molecule has 3 aromatic rings. The van der Waals surface area contributed by atoms with Gasteiger partial charge in [-0.3, -0.25) is 24.8 Å². The number of aromatic nitrogens is 1. The van der Waals surface area contributed by atoms with Crippen molar-refractivity contribution in [2.45, 2.75) is 98.6 Å². The SMILES string of the molecule is COC(=O)N[C@H](C(=O)N[C@@H](Cc1ccccc1)[C@H](CN(Cc1ccc(-c2ccccn2)cc1)NC(=O)[C@@H](NC(=O)OC)C(C)(C)C)OC(=O)[C@@H](N)C(C)C)C(C)(C)C. The molecule has 0 radical (unpaired) electrons. The van der Waals surface area contributed by atoms with Crippen LogP contribution in [0.3, 0.4) is 0 Å². The number of benzene rings is 2. The van der Waals surface area contributed by atoms with E-state index in [4.69, 9.17) is 19.9 Å². The van der Waals surface area contributed by atoms with Gasteiger partial charge in [0.25, 0.3) is 5.91 Å². The number of nitrogens with zero attached hydrogens (tertiary/aromatic N) is 2. The molecular weight excluding hydrogens is 743 g/mol. The summed E-state index contributed by atoms with van der Waals surface area (Å²) in [5.41, 5.74) is 11.0. The van der Waals surface area contributed by atoms with Gasteiger partial charge in [-0.2, -0.15) is 0 Å².